The third kappa shape index (κ3) is 3.71. The molecule has 0 N–H and O–H groups in total. The molecule has 3 nitrogen and oxygen atoms in total. The number of nitrogens with zero attached hydrogens (tertiary/aromatic N) is 1. The van der Waals surface area contributed by atoms with Gasteiger partial charge in [-0.1, -0.05) is 68.4 Å². The van der Waals surface area contributed by atoms with Crippen LogP contribution in [0.15, 0.2) is 78.0 Å². The average molecular weight is 463 g/mol. The maximum absolute atomic E-state index is 13.9. The summed E-state index contributed by atoms with van der Waals surface area (Å²) in [5.41, 5.74) is 0.154. The number of benzene rings is 3. The third-order valence-electron chi connectivity index (χ3n) is 6.79. The van der Waals surface area contributed by atoms with Crippen molar-refractivity contribution in [2.75, 3.05) is 4.90 Å². The first-order chi connectivity index (χ1) is 16.1. The molecule has 3 aromatic carbocycles. The van der Waals surface area contributed by atoms with Gasteiger partial charge in [0.15, 0.2) is 5.78 Å². The van der Waals surface area contributed by atoms with E-state index in [1.165, 1.54) is 23.1 Å². The zero-order valence-electron chi connectivity index (χ0n) is 18.9. The molecule has 34 heavy (non-hydrogen) atoms. The van der Waals surface area contributed by atoms with Crippen LogP contribution in [0.3, 0.4) is 0 Å². The highest BCUT2D eigenvalue weighted by atomic mass is 19.4. The molecule has 1 unspecified atom stereocenters. The Hall–Kier alpha value is -3.41. The van der Waals surface area contributed by atoms with Crippen molar-refractivity contribution in [1.29, 1.82) is 0 Å². The quantitative estimate of drug-likeness (QED) is 0.409. The number of Topliss-reactive ketones (excluding diaryl/α,β-unsaturated/α-hetero) is 1. The molecule has 174 valence electrons. The molecule has 1 aliphatic carbocycles. The van der Waals surface area contributed by atoms with Crippen molar-refractivity contribution in [3.05, 3.63) is 89.1 Å². The number of carbonyl (C=O) groups excluding carboxylic acids is 2. The minimum Gasteiger partial charge on any atom is -0.294 e. The van der Waals surface area contributed by atoms with Crippen molar-refractivity contribution < 1.29 is 22.8 Å². The number of alkyl halides is 3. The van der Waals surface area contributed by atoms with E-state index in [1.54, 1.807) is 0 Å². The van der Waals surface area contributed by atoms with Crippen LogP contribution >= 0.6 is 0 Å². The van der Waals surface area contributed by atoms with Crippen LogP contribution in [0.4, 0.5) is 18.9 Å². The fraction of sp³-hybridized carbons (Fsp3) is 0.286. The van der Waals surface area contributed by atoms with Crippen LogP contribution in [0.25, 0.3) is 10.8 Å². The lowest BCUT2D eigenvalue weighted by Crippen LogP contribution is -2.44. The lowest BCUT2D eigenvalue weighted by molar-refractivity contribution is -0.137. The van der Waals surface area contributed by atoms with Crippen LogP contribution in [0, 0.1) is 5.41 Å². The second kappa shape index (κ2) is 7.83. The number of amides is 1. The summed E-state index contributed by atoms with van der Waals surface area (Å²) in [4.78, 5) is 28.3. The zero-order valence-corrected chi connectivity index (χ0v) is 18.9. The summed E-state index contributed by atoms with van der Waals surface area (Å²) in [7, 11) is 0. The van der Waals surface area contributed by atoms with E-state index in [1.807, 2.05) is 56.3 Å². The number of fused-ring (bicyclic) bond motifs is 1. The normalized spacial score (nSPS) is 20.6. The standard InChI is InChI=1S/C28H24F3NO2/c1-27(2)15-23-26(24(33)16-27)20(19-11-7-9-17-8-3-4-10-18(17)19)14-25(34)32(23)22-13-6-5-12-21(22)28(29,30)31/h3-13,20H,14-16H2,1-2H3. The number of ketones is 1. The minimum atomic E-state index is -4.63. The zero-order chi connectivity index (χ0) is 24.3. The highest BCUT2D eigenvalue weighted by molar-refractivity contribution is 6.09. The molecule has 1 heterocycles. The molecule has 0 radical (unpaired) electrons. The summed E-state index contributed by atoms with van der Waals surface area (Å²) in [5, 5.41) is 1.93. The molecule has 0 saturated carbocycles. The largest absolute Gasteiger partial charge is 0.418 e. The van der Waals surface area contributed by atoms with Gasteiger partial charge in [0.2, 0.25) is 5.91 Å². The van der Waals surface area contributed by atoms with Gasteiger partial charge in [-0.2, -0.15) is 13.2 Å². The van der Waals surface area contributed by atoms with E-state index >= 15 is 0 Å². The molecule has 5 rings (SSSR count). The Labute approximate surface area is 195 Å². The molecular weight excluding hydrogens is 439 g/mol. The van der Waals surface area contributed by atoms with Gasteiger partial charge >= 0.3 is 6.18 Å². The highest BCUT2D eigenvalue weighted by Crippen LogP contribution is 2.50. The predicted molar refractivity (Wildman–Crippen MR) is 125 cm³/mol. The Morgan fingerprint density at radius 1 is 0.882 bits per heavy atom. The topological polar surface area (TPSA) is 37.4 Å². The number of para-hydroxylation sites is 1. The lowest BCUT2D eigenvalue weighted by Gasteiger charge is -2.43. The molecule has 2 aliphatic rings. The summed E-state index contributed by atoms with van der Waals surface area (Å²) in [6, 6.07) is 18.6. The second-order valence-corrected chi connectivity index (χ2v) is 9.87. The summed E-state index contributed by atoms with van der Waals surface area (Å²) < 4.78 is 41.6. The molecule has 1 aliphatic heterocycles. The van der Waals surface area contributed by atoms with Crippen molar-refractivity contribution in [1.82, 2.24) is 0 Å². The monoisotopic (exact) mass is 463 g/mol. The first-order valence-corrected chi connectivity index (χ1v) is 11.3. The smallest absolute Gasteiger partial charge is 0.294 e. The Bertz CT molecular complexity index is 1350. The van der Waals surface area contributed by atoms with Crippen molar-refractivity contribution >= 4 is 28.2 Å². The maximum atomic E-state index is 13.9. The van der Waals surface area contributed by atoms with E-state index in [0.29, 0.717) is 17.7 Å². The van der Waals surface area contributed by atoms with Gasteiger partial charge in [-0.15, -0.1) is 0 Å². The SMILES string of the molecule is CC1(C)CC(=O)C2=C(C1)N(c1ccccc1C(F)(F)F)C(=O)CC2c1cccc2ccccc12. The highest BCUT2D eigenvalue weighted by Gasteiger charge is 2.46. The first-order valence-electron chi connectivity index (χ1n) is 11.3. The number of hydrogen-bond acceptors (Lipinski definition) is 2. The molecule has 0 saturated heterocycles. The van der Waals surface area contributed by atoms with Gasteiger partial charge < -0.3 is 0 Å². The summed E-state index contributed by atoms with van der Waals surface area (Å²) in [5.74, 6) is -1.03. The fourth-order valence-electron chi connectivity index (χ4n) is 5.42. The molecule has 3 aromatic rings. The number of carbonyl (C=O) groups is 2. The molecule has 0 fully saturated rings. The van der Waals surface area contributed by atoms with Crippen LogP contribution in [0.2, 0.25) is 0 Å². The van der Waals surface area contributed by atoms with Crippen LogP contribution in [-0.4, -0.2) is 11.7 Å². The summed E-state index contributed by atoms with van der Waals surface area (Å²) >= 11 is 0. The predicted octanol–water partition coefficient (Wildman–Crippen LogP) is 7.02. The van der Waals surface area contributed by atoms with E-state index in [2.05, 4.69) is 0 Å². The minimum absolute atomic E-state index is 0.0643. The molecular formula is C28H24F3NO2. The maximum Gasteiger partial charge on any atom is 0.418 e. The number of anilines is 1. The number of rotatable bonds is 2. The van der Waals surface area contributed by atoms with Gasteiger partial charge in [0, 0.05) is 30.0 Å². The van der Waals surface area contributed by atoms with Gasteiger partial charge in [-0.25, -0.2) is 0 Å². The third-order valence-corrected chi connectivity index (χ3v) is 6.79. The average Bonchev–Trinajstić information content (AvgIpc) is 2.76. The van der Waals surface area contributed by atoms with Crippen molar-refractivity contribution in [2.45, 2.75) is 45.2 Å². The number of hydrogen-bond donors (Lipinski definition) is 0. The van der Waals surface area contributed by atoms with E-state index in [4.69, 9.17) is 0 Å². The van der Waals surface area contributed by atoms with Gasteiger partial charge in [-0.3, -0.25) is 14.5 Å². The van der Waals surface area contributed by atoms with Crippen LogP contribution in [-0.2, 0) is 15.8 Å². The fourth-order valence-corrected chi connectivity index (χ4v) is 5.42. The molecule has 0 spiro atoms. The van der Waals surface area contributed by atoms with Crippen LogP contribution in [0.5, 0.6) is 0 Å². The van der Waals surface area contributed by atoms with Crippen LogP contribution < -0.4 is 4.90 Å². The van der Waals surface area contributed by atoms with Crippen LogP contribution in [0.1, 0.15) is 50.2 Å². The number of allylic oxidation sites excluding steroid dienone is 2. The van der Waals surface area contributed by atoms with Gasteiger partial charge in [0.25, 0.3) is 0 Å². The molecule has 1 atom stereocenters. The number of halogens is 3. The Balaban J connectivity index is 1.76. The van der Waals surface area contributed by atoms with Crippen molar-refractivity contribution in [2.24, 2.45) is 5.41 Å². The van der Waals surface area contributed by atoms with Gasteiger partial charge in [0.1, 0.15) is 0 Å². The van der Waals surface area contributed by atoms with E-state index in [9.17, 15) is 22.8 Å². The van der Waals surface area contributed by atoms with Gasteiger partial charge in [-0.05, 0) is 40.3 Å². The molecule has 0 aromatic heterocycles. The van der Waals surface area contributed by atoms with E-state index in [-0.39, 0.29) is 24.3 Å². The van der Waals surface area contributed by atoms with Crippen molar-refractivity contribution in [3.8, 4) is 0 Å². The Kier molecular flexibility index (Phi) is 5.15. The molecule has 6 heteroatoms. The van der Waals surface area contributed by atoms with Gasteiger partial charge in [0.05, 0.1) is 11.3 Å². The molecule has 1 amide bonds. The Morgan fingerprint density at radius 3 is 2.32 bits per heavy atom. The van der Waals surface area contributed by atoms with Crippen molar-refractivity contribution in [3.63, 3.8) is 0 Å². The first kappa shape index (κ1) is 22.4. The molecule has 0 bridgehead atoms. The van der Waals surface area contributed by atoms with E-state index in [0.717, 1.165) is 22.4 Å². The second-order valence-electron chi connectivity index (χ2n) is 9.87. The lowest BCUT2D eigenvalue weighted by atomic mass is 9.68. The van der Waals surface area contributed by atoms with E-state index < -0.39 is 29.0 Å². The summed E-state index contributed by atoms with van der Waals surface area (Å²) in [6.45, 7) is 3.82. The Morgan fingerprint density at radius 2 is 1.56 bits per heavy atom. The summed E-state index contributed by atoms with van der Waals surface area (Å²) in [6.07, 6.45) is -4.06.